The van der Waals surface area contributed by atoms with Crippen LogP contribution in [0.2, 0.25) is 0 Å². The van der Waals surface area contributed by atoms with Crippen LogP contribution in [0.5, 0.6) is 0 Å². The fourth-order valence-corrected chi connectivity index (χ4v) is 1.35. The average Bonchev–Trinajstić information content (AvgIpc) is 2.36. The second kappa shape index (κ2) is 6.86. The van der Waals surface area contributed by atoms with E-state index >= 15 is 0 Å². The van der Waals surface area contributed by atoms with Crippen molar-refractivity contribution in [3.63, 3.8) is 0 Å². The number of rotatable bonds is 5. The van der Waals surface area contributed by atoms with E-state index in [0.717, 1.165) is 17.7 Å². The standard InChI is InChI=1S/C13H12N2O3/c14-8-9-15(12(16)6-7-13(17)18)10-11-4-2-1-3-5-11/h1-7H,9-10H2,(H,17,18)/b7-6+. The van der Waals surface area contributed by atoms with Crippen molar-refractivity contribution >= 4 is 11.9 Å². The number of carboxylic acids is 1. The third-order valence-electron chi connectivity index (χ3n) is 2.16. The smallest absolute Gasteiger partial charge is 0.328 e. The molecule has 1 aromatic rings. The van der Waals surface area contributed by atoms with E-state index in [1.807, 2.05) is 36.4 Å². The number of nitriles is 1. The van der Waals surface area contributed by atoms with Crippen LogP contribution in [-0.4, -0.2) is 28.4 Å². The molecule has 1 amide bonds. The predicted octanol–water partition coefficient (Wildman–Crippen LogP) is 1.18. The fraction of sp³-hybridized carbons (Fsp3) is 0.154. The lowest BCUT2D eigenvalue weighted by Crippen LogP contribution is -2.29. The van der Waals surface area contributed by atoms with Gasteiger partial charge in [0.25, 0.3) is 0 Å². The minimum Gasteiger partial charge on any atom is -0.478 e. The molecule has 0 aliphatic heterocycles. The summed E-state index contributed by atoms with van der Waals surface area (Å²) in [7, 11) is 0. The molecule has 1 N–H and O–H groups in total. The molecule has 92 valence electrons. The van der Waals surface area contributed by atoms with E-state index in [1.54, 1.807) is 0 Å². The summed E-state index contributed by atoms with van der Waals surface area (Å²) >= 11 is 0. The molecule has 0 saturated heterocycles. The molecule has 0 bridgehead atoms. The predicted molar refractivity (Wildman–Crippen MR) is 64.2 cm³/mol. The van der Waals surface area contributed by atoms with E-state index < -0.39 is 11.9 Å². The Kier molecular flexibility index (Phi) is 5.13. The largest absolute Gasteiger partial charge is 0.478 e. The topological polar surface area (TPSA) is 81.4 Å². The zero-order chi connectivity index (χ0) is 13.4. The maximum atomic E-state index is 11.7. The van der Waals surface area contributed by atoms with Gasteiger partial charge in [0.05, 0.1) is 6.07 Å². The summed E-state index contributed by atoms with van der Waals surface area (Å²) in [5, 5.41) is 17.1. The van der Waals surface area contributed by atoms with Gasteiger partial charge in [0.2, 0.25) is 5.91 Å². The Bertz CT molecular complexity index is 489. The zero-order valence-electron chi connectivity index (χ0n) is 9.61. The molecular formula is C13H12N2O3. The van der Waals surface area contributed by atoms with Gasteiger partial charge in [-0.25, -0.2) is 4.79 Å². The monoisotopic (exact) mass is 244 g/mol. The highest BCUT2D eigenvalue weighted by Crippen LogP contribution is 2.04. The summed E-state index contributed by atoms with van der Waals surface area (Å²) < 4.78 is 0. The summed E-state index contributed by atoms with van der Waals surface area (Å²) in [6.45, 7) is 0.189. The summed E-state index contributed by atoms with van der Waals surface area (Å²) in [5.74, 6) is -1.69. The Balaban J connectivity index is 2.74. The van der Waals surface area contributed by atoms with Crippen LogP contribution in [0.1, 0.15) is 5.56 Å². The van der Waals surface area contributed by atoms with Gasteiger partial charge in [-0.15, -0.1) is 0 Å². The second-order valence-electron chi connectivity index (χ2n) is 3.51. The molecule has 5 heteroatoms. The molecule has 0 unspecified atom stereocenters. The van der Waals surface area contributed by atoms with E-state index in [1.165, 1.54) is 4.90 Å². The van der Waals surface area contributed by atoms with Crippen molar-refractivity contribution in [1.29, 1.82) is 5.26 Å². The molecule has 0 radical (unpaired) electrons. The number of carbonyl (C=O) groups excluding carboxylic acids is 1. The maximum Gasteiger partial charge on any atom is 0.328 e. The number of carboxylic acid groups (broad SMARTS) is 1. The van der Waals surface area contributed by atoms with E-state index in [0.29, 0.717) is 0 Å². The summed E-state index contributed by atoms with van der Waals surface area (Å²) in [6.07, 6.45) is 1.71. The Morgan fingerprint density at radius 3 is 2.50 bits per heavy atom. The van der Waals surface area contributed by atoms with Crippen LogP contribution in [0.25, 0.3) is 0 Å². The van der Waals surface area contributed by atoms with Gasteiger partial charge in [-0.3, -0.25) is 4.79 Å². The third-order valence-corrected chi connectivity index (χ3v) is 2.16. The normalized spacial score (nSPS) is 9.94. The van der Waals surface area contributed by atoms with E-state index in [4.69, 9.17) is 10.4 Å². The first kappa shape index (κ1) is 13.5. The SMILES string of the molecule is N#CCN(Cc1ccccc1)C(=O)/C=C/C(=O)O. The number of carbonyl (C=O) groups is 2. The third kappa shape index (κ3) is 4.49. The summed E-state index contributed by atoms with van der Waals surface area (Å²) in [5.41, 5.74) is 0.879. The average molecular weight is 244 g/mol. The second-order valence-corrected chi connectivity index (χ2v) is 3.51. The van der Waals surface area contributed by atoms with Gasteiger partial charge in [-0.05, 0) is 5.56 Å². The van der Waals surface area contributed by atoms with Crippen LogP contribution in [0.15, 0.2) is 42.5 Å². The molecule has 0 aliphatic rings. The molecule has 0 heterocycles. The molecule has 5 nitrogen and oxygen atoms in total. The minimum absolute atomic E-state index is 0.0856. The summed E-state index contributed by atoms with van der Waals surface area (Å²) in [4.78, 5) is 23.3. The lowest BCUT2D eigenvalue weighted by Gasteiger charge is -2.17. The van der Waals surface area contributed by atoms with E-state index in [-0.39, 0.29) is 13.1 Å². The van der Waals surface area contributed by atoms with Crippen LogP contribution in [-0.2, 0) is 16.1 Å². The lowest BCUT2D eigenvalue weighted by molar-refractivity contribution is -0.132. The molecule has 18 heavy (non-hydrogen) atoms. The van der Waals surface area contributed by atoms with Gasteiger partial charge >= 0.3 is 5.97 Å². The van der Waals surface area contributed by atoms with Crippen molar-refractivity contribution in [2.45, 2.75) is 6.54 Å². The van der Waals surface area contributed by atoms with Crippen molar-refractivity contribution in [3.05, 3.63) is 48.0 Å². The van der Waals surface area contributed by atoms with Gasteiger partial charge in [0.15, 0.2) is 0 Å². The van der Waals surface area contributed by atoms with Crippen molar-refractivity contribution < 1.29 is 14.7 Å². The molecule has 0 aromatic heterocycles. The summed E-state index contributed by atoms with van der Waals surface area (Å²) in [6, 6.07) is 11.1. The molecule has 1 aromatic carbocycles. The highest BCUT2D eigenvalue weighted by Gasteiger charge is 2.10. The van der Waals surface area contributed by atoms with Crippen LogP contribution >= 0.6 is 0 Å². The minimum atomic E-state index is -1.19. The molecule has 0 aliphatic carbocycles. The van der Waals surface area contributed by atoms with Gasteiger partial charge in [-0.2, -0.15) is 5.26 Å². The van der Waals surface area contributed by atoms with Crippen LogP contribution < -0.4 is 0 Å². The quantitative estimate of drug-likeness (QED) is 0.623. The first-order valence-electron chi connectivity index (χ1n) is 5.24. The number of benzene rings is 1. The van der Waals surface area contributed by atoms with Crippen molar-refractivity contribution in [2.75, 3.05) is 6.54 Å². The number of hydrogen-bond acceptors (Lipinski definition) is 3. The van der Waals surface area contributed by atoms with Gasteiger partial charge in [-0.1, -0.05) is 30.3 Å². The zero-order valence-corrected chi connectivity index (χ0v) is 9.61. The molecule has 0 fully saturated rings. The Hall–Kier alpha value is -2.61. The fourth-order valence-electron chi connectivity index (χ4n) is 1.35. The van der Waals surface area contributed by atoms with Crippen LogP contribution in [0.3, 0.4) is 0 Å². The van der Waals surface area contributed by atoms with E-state index in [2.05, 4.69) is 0 Å². The first-order valence-corrected chi connectivity index (χ1v) is 5.24. The molecule has 0 spiro atoms. The van der Waals surface area contributed by atoms with Crippen molar-refractivity contribution in [2.24, 2.45) is 0 Å². The van der Waals surface area contributed by atoms with Crippen LogP contribution in [0.4, 0.5) is 0 Å². The Labute approximate surface area is 105 Å². The van der Waals surface area contributed by atoms with Gasteiger partial charge < -0.3 is 10.0 Å². The number of aliphatic carboxylic acids is 1. The van der Waals surface area contributed by atoms with Crippen molar-refractivity contribution in [3.8, 4) is 6.07 Å². The Morgan fingerprint density at radius 2 is 1.94 bits per heavy atom. The molecule has 1 rings (SSSR count). The number of nitrogens with zero attached hydrogens (tertiary/aromatic N) is 2. The highest BCUT2D eigenvalue weighted by atomic mass is 16.4. The number of amides is 1. The van der Waals surface area contributed by atoms with E-state index in [9.17, 15) is 9.59 Å². The lowest BCUT2D eigenvalue weighted by atomic mass is 10.2. The van der Waals surface area contributed by atoms with Crippen LogP contribution in [0, 0.1) is 11.3 Å². The number of hydrogen-bond donors (Lipinski definition) is 1. The Morgan fingerprint density at radius 1 is 1.28 bits per heavy atom. The molecule has 0 atom stereocenters. The molecule has 0 saturated carbocycles. The maximum absolute atomic E-state index is 11.7. The van der Waals surface area contributed by atoms with Crippen molar-refractivity contribution in [1.82, 2.24) is 4.90 Å². The molecular weight excluding hydrogens is 232 g/mol. The van der Waals surface area contributed by atoms with Gasteiger partial charge in [0.1, 0.15) is 6.54 Å². The first-order chi connectivity index (χ1) is 8.63. The van der Waals surface area contributed by atoms with Gasteiger partial charge in [0, 0.05) is 18.7 Å². The highest BCUT2D eigenvalue weighted by molar-refractivity contribution is 5.94.